The van der Waals surface area contributed by atoms with Gasteiger partial charge in [-0.25, -0.2) is 4.98 Å². The SMILES string of the molecule is COCCn1c(SCC(=O)c2cc(C)n(Cc3ccccc3Cl)c2C)nc2ccccc2c1=O. The topological polar surface area (TPSA) is 66.1 Å². The third-order valence-corrected chi connectivity index (χ3v) is 7.18. The predicted molar refractivity (Wildman–Crippen MR) is 137 cm³/mol. The number of rotatable bonds is 9. The molecular weight excluding hydrogens is 470 g/mol. The van der Waals surface area contributed by atoms with E-state index in [2.05, 4.69) is 9.55 Å². The number of methoxy groups -OCH3 is 1. The largest absolute Gasteiger partial charge is 0.383 e. The molecule has 0 aliphatic rings. The Bertz CT molecular complexity index is 1410. The summed E-state index contributed by atoms with van der Waals surface area (Å²) in [7, 11) is 1.59. The first-order chi connectivity index (χ1) is 16.4. The molecule has 0 fully saturated rings. The number of hydrogen-bond donors (Lipinski definition) is 0. The molecule has 0 amide bonds. The van der Waals surface area contributed by atoms with Crippen LogP contribution in [-0.2, 0) is 17.8 Å². The first-order valence-corrected chi connectivity index (χ1v) is 12.3. The second kappa shape index (κ2) is 10.6. The molecule has 0 aliphatic heterocycles. The molecule has 0 bridgehead atoms. The Balaban J connectivity index is 1.58. The van der Waals surface area contributed by atoms with Gasteiger partial charge in [0, 0.05) is 35.6 Å². The molecule has 8 heteroatoms. The summed E-state index contributed by atoms with van der Waals surface area (Å²) in [4.78, 5) is 30.9. The lowest BCUT2D eigenvalue weighted by molar-refractivity contribution is 0.102. The van der Waals surface area contributed by atoms with Crippen LogP contribution in [0, 0.1) is 13.8 Å². The highest BCUT2D eigenvalue weighted by molar-refractivity contribution is 7.99. The third-order valence-electron chi connectivity index (χ3n) is 5.84. The van der Waals surface area contributed by atoms with Crippen LogP contribution in [-0.4, -0.2) is 39.4 Å². The minimum Gasteiger partial charge on any atom is -0.383 e. The molecule has 0 saturated carbocycles. The summed E-state index contributed by atoms with van der Waals surface area (Å²) in [6.07, 6.45) is 0. The van der Waals surface area contributed by atoms with E-state index in [1.807, 2.05) is 62.4 Å². The Kier molecular flexibility index (Phi) is 7.56. The molecule has 6 nitrogen and oxygen atoms in total. The minimum absolute atomic E-state index is 0.00999. The Labute approximate surface area is 207 Å². The van der Waals surface area contributed by atoms with E-state index >= 15 is 0 Å². The van der Waals surface area contributed by atoms with Crippen molar-refractivity contribution in [3.05, 3.63) is 92.5 Å². The minimum atomic E-state index is -0.129. The number of benzene rings is 2. The van der Waals surface area contributed by atoms with Crippen LogP contribution in [0.1, 0.15) is 27.3 Å². The molecule has 2 heterocycles. The van der Waals surface area contributed by atoms with Crippen LogP contribution < -0.4 is 5.56 Å². The monoisotopic (exact) mass is 495 g/mol. The van der Waals surface area contributed by atoms with E-state index in [9.17, 15) is 9.59 Å². The summed E-state index contributed by atoms with van der Waals surface area (Å²) < 4.78 is 8.86. The van der Waals surface area contributed by atoms with E-state index in [4.69, 9.17) is 16.3 Å². The molecule has 4 rings (SSSR count). The second-order valence-corrected chi connectivity index (χ2v) is 9.39. The van der Waals surface area contributed by atoms with Gasteiger partial charge in [-0.3, -0.25) is 14.2 Å². The lowest BCUT2D eigenvalue weighted by Crippen LogP contribution is -2.25. The molecule has 0 spiro atoms. The lowest BCUT2D eigenvalue weighted by Gasteiger charge is -2.13. The van der Waals surface area contributed by atoms with Gasteiger partial charge in [-0.15, -0.1) is 0 Å². The fourth-order valence-corrected chi connectivity index (χ4v) is 5.07. The molecule has 0 saturated heterocycles. The molecule has 2 aromatic carbocycles. The van der Waals surface area contributed by atoms with Crippen molar-refractivity contribution in [3.8, 4) is 0 Å². The number of hydrogen-bond acceptors (Lipinski definition) is 5. The normalized spacial score (nSPS) is 11.3. The summed E-state index contributed by atoms with van der Waals surface area (Å²) in [5.74, 6) is 0.165. The quantitative estimate of drug-likeness (QED) is 0.183. The van der Waals surface area contributed by atoms with Gasteiger partial charge in [0.2, 0.25) is 0 Å². The zero-order valence-corrected chi connectivity index (χ0v) is 20.9. The Morgan fingerprint density at radius 2 is 1.82 bits per heavy atom. The molecule has 2 aromatic heterocycles. The third kappa shape index (κ3) is 4.97. The maximum absolute atomic E-state index is 13.2. The van der Waals surface area contributed by atoms with Gasteiger partial charge in [0.15, 0.2) is 10.9 Å². The Morgan fingerprint density at radius 3 is 2.59 bits per heavy atom. The number of carbonyl (C=O) groups excluding carboxylic acids is 1. The van der Waals surface area contributed by atoms with Gasteiger partial charge in [0.1, 0.15) is 0 Å². The molecule has 176 valence electrons. The molecule has 4 aromatic rings. The van der Waals surface area contributed by atoms with E-state index in [0.29, 0.717) is 46.3 Å². The summed E-state index contributed by atoms with van der Waals surface area (Å²) >= 11 is 7.62. The maximum Gasteiger partial charge on any atom is 0.262 e. The predicted octanol–water partition coefficient (Wildman–Crippen LogP) is 5.14. The van der Waals surface area contributed by atoms with Gasteiger partial charge in [-0.2, -0.15) is 0 Å². The van der Waals surface area contributed by atoms with Crippen molar-refractivity contribution >= 4 is 40.0 Å². The average molecular weight is 496 g/mol. The zero-order chi connectivity index (χ0) is 24.2. The van der Waals surface area contributed by atoms with Gasteiger partial charge in [0.25, 0.3) is 5.56 Å². The number of fused-ring (bicyclic) bond motifs is 1. The number of para-hydroxylation sites is 1. The molecular formula is C26H26ClN3O3S. The summed E-state index contributed by atoms with van der Waals surface area (Å²) in [5.41, 5.74) is 4.05. The van der Waals surface area contributed by atoms with Gasteiger partial charge in [0.05, 0.1) is 29.8 Å². The number of halogens is 1. The number of thioether (sulfide) groups is 1. The Hall–Kier alpha value is -2.87. The summed E-state index contributed by atoms with van der Waals surface area (Å²) in [5, 5.41) is 1.77. The second-order valence-electron chi connectivity index (χ2n) is 8.04. The first-order valence-electron chi connectivity index (χ1n) is 11.0. The van der Waals surface area contributed by atoms with Crippen molar-refractivity contribution in [2.24, 2.45) is 0 Å². The Morgan fingerprint density at radius 1 is 1.09 bits per heavy atom. The fourth-order valence-electron chi connectivity index (χ4n) is 3.97. The maximum atomic E-state index is 13.2. The van der Waals surface area contributed by atoms with Crippen molar-refractivity contribution in [1.29, 1.82) is 0 Å². The van der Waals surface area contributed by atoms with E-state index in [0.717, 1.165) is 17.0 Å². The highest BCUT2D eigenvalue weighted by atomic mass is 35.5. The van der Waals surface area contributed by atoms with E-state index < -0.39 is 0 Å². The molecule has 0 radical (unpaired) electrons. The number of ketones is 1. The molecule has 0 atom stereocenters. The number of ether oxygens (including phenoxy) is 1. The van der Waals surface area contributed by atoms with Gasteiger partial charge in [-0.05, 0) is 43.7 Å². The number of aryl methyl sites for hydroxylation is 1. The van der Waals surface area contributed by atoms with E-state index in [1.54, 1.807) is 17.7 Å². The van der Waals surface area contributed by atoms with Crippen LogP contribution in [0.3, 0.4) is 0 Å². The first kappa shape index (κ1) is 24.3. The van der Waals surface area contributed by atoms with Crippen molar-refractivity contribution in [2.45, 2.75) is 32.1 Å². The van der Waals surface area contributed by atoms with E-state index in [-0.39, 0.29) is 17.1 Å². The van der Waals surface area contributed by atoms with Crippen LogP contribution in [0.4, 0.5) is 0 Å². The van der Waals surface area contributed by atoms with Crippen molar-refractivity contribution in [1.82, 2.24) is 14.1 Å². The average Bonchev–Trinajstić information content (AvgIpc) is 3.12. The van der Waals surface area contributed by atoms with Crippen LogP contribution in [0.5, 0.6) is 0 Å². The van der Waals surface area contributed by atoms with Crippen molar-refractivity contribution in [3.63, 3.8) is 0 Å². The standard InChI is InChI=1S/C26H26ClN3O3S/c1-17-14-21(18(2)30(17)15-19-8-4-6-10-22(19)27)24(31)16-34-26-28-23-11-7-5-9-20(23)25(32)29(26)12-13-33-3/h4-11,14H,12-13,15-16H2,1-3H3. The molecule has 0 unspecified atom stereocenters. The smallest absolute Gasteiger partial charge is 0.262 e. The number of carbonyl (C=O) groups is 1. The van der Waals surface area contributed by atoms with Crippen LogP contribution in [0.15, 0.2) is 64.5 Å². The summed E-state index contributed by atoms with van der Waals surface area (Å²) in [6.45, 7) is 5.28. The molecule has 34 heavy (non-hydrogen) atoms. The van der Waals surface area contributed by atoms with Gasteiger partial charge < -0.3 is 9.30 Å². The number of aromatic nitrogens is 3. The summed E-state index contributed by atoms with van der Waals surface area (Å²) in [6, 6.07) is 16.9. The number of Topliss-reactive ketones (excluding diaryl/α,β-unsaturated/α-hetero) is 1. The lowest BCUT2D eigenvalue weighted by atomic mass is 10.2. The van der Waals surface area contributed by atoms with Crippen LogP contribution >= 0.6 is 23.4 Å². The van der Waals surface area contributed by atoms with Crippen molar-refractivity contribution in [2.75, 3.05) is 19.5 Å². The van der Waals surface area contributed by atoms with Crippen LogP contribution in [0.25, 0.3) is 10.9 Å². The van der Waals surface area contributed by atoms with Crippen molar-refractivity contribution < 1.29 is 9.53 Å². The molecule has 0 aliphatic carbocycles. The van der Waals surface area contributed by atoms with Gasteiger partial charge in [-0.1, -0.05) is 53.7 Å². The highest BCUT2D eigenvalue weighted by Gasteiger charge is 2.19. The molecule has 0 N–H and O–H groups in total. The van der Waals surface area contributed by atoms with Gasteiger partial charge >= 0.3 is 0 Å². The van der Waals surface area contributed by atoms with Crippen LogP contribution in [0.2, 0.25) is 5.02 Å². The number of nitrogens with zero attached hydrogens (tertiary/aromatic N) is 3. The fraction of sp³-hybridized carbons (Fsp3) is 0.269. The van der Waals surface area contributed by atoms with E-state index in [1.165, 1.54) is 11.8 Å². The highest BCUT2D eigenvalue weighted by Crippen LogP contribution is 2.24. The zero-order valence-electron chi connectivity index (χ0n) is 19.4.